The van der Waals surface area contributed by atoms with Crippen molar-refractivity contribution in [3.63, 3.8) is 0 Å². The predicted molar refractivity (Wildman–Crippen MR) is 68.4 cm³/mol. The fourth-order valence-corrected chi connectivity index (χ4v) is 1.87. The zero-order chi connectivity index (χ0) is 10.3. The predicted octanol–water partition coefficient (Wildman–Crippen LogP) is -0.738. The minimum atomic E-state index is 0. The molecule has 2 aromatic carbocycles. The number of fused-ring (bicyclic) bond motifs is 2. The van der Waals surface area contributed by atoms with Crippen LogP contribution in [0.1, 0.15) is 1.43 Å². The third-order valence-corrected chi connectivity index (χ3v) is 2.63. The minimum Gasteiger partial charge on any atom is -1.00 e. The molecule has 0 fully saturated rings. The van der Waals surface area contributed by atoms with Crippen LogP contribution in [0.5, 0.6) is 0 Å². The molecule has 3 aromatic rings. The van der Waals surface area contributed by atoms with Crippen molar-refractivity contribution >= 4 is 27.5 Å². The number of aromatic nitrogens is 1. The van der Waals surface area contributed by atoms with Gasteiger partial charge in [-0.3, -0.25) is 0 Å². The second-order valence-corrected chi connectivity index (χ2v) is 3.56. The highest BCUT2D eigenvalue weighted by atomic mass is 35.5. The van der Waals surface area contributed by atoms with Crippen LogP contribution in [0.4, 0.5) is 5.69 Å². The highest BCUT2D eigenvalue weighted by Crippen LogP contribution is 2.27. The molecule has 0 amide bonds. The van der Waals surface area contributed by atoms with Crippen LogP contribution < -0.4 is 18.1 Å². The molecule has 0 saturated heterocycles. The first kappa shape index (κ1) is 13.2. The van der Waals surface area contributed by atoms with Gasteiger partial charge in [-0.25, -0.2) is 4.98 Å². The van der Waals surface area contributed by atoms with Gasteiger partial charge in [0.15, 0.2) is 0 Å². The first-order valence-corrected chi connectivity index (χ1v) is 4.89. The maximum Gasteiger partial charge on any atom is 1.00 e. The van der Waals surface area contributed by atoms with Crippen LogP contribution >= 0.6 is 0 Å². The van der Waals surface area contributed by atoms with Gasteiger partial charge in [0.25, 0.3) is 0 Å². The normalized spacial score (nSPS) is 9.65. The van der Waals surface area contributed by atoms with Crippen molar-refractivity contribution in [2.24, 2.45) is 0 Å². The molecule has 0 atom stereocenters. The van der Waals surface area contributed by atoms with Crippen molar-refractivity contribution in [2.75, 3.05) is 5.73 Å². The largest absolute Gasteiger partial charge is 1.00 e. The lowest BCUT2D eigenvalue weighted by Crippen LogP contribution is -3.00. The number of anilines is 1. The Labute approximate surface area is 106 Å². The standard InChI is InChI=1S/C13H10N2.ClH.H2O/c14-13-9-5-1-3-7-11(9)15-12-8-4-2-6-10(12)13;;/h1-8H,(H2,14,15);1H;1H2. The van der Waals surface area contributed by atoms with Crippen molar-refractivity contribution in [1.29, 1.82) is 0 Å². The number of nitrogens with zero attached hydrogens (tertiary/aromatic N) is 1. The highest BCUT2D eigenvalue weighted by molar-refractivity contribution is 6.06. The summed E-state index contributed by atoms with van der Waals surface area (Å²) in [7, 11) is 0. The van der Waals surface area contributed by atoms with E-state index < -0.39 is 0 Å². The summed E-state index contributed by atoms with van der Waals surface area (Å²) in [6.07, 6.45) is 0. The summed E-state index contributed by atoms with van der Waals surface area (Å²) in [5.74, 6) is 0. The maximum atomic E-state index is 6.11. The molecule has 3 rings (SSSR count). The third kappa shape index (κ3) is 2.02. The van der Waals surface area contributed by atoms with Crippen LogP contribution in [0.15, 0.2) is 48.5 Å². The van der Waals surface area contributed by atoms with Crippen molar-refractivity contribution < 1.29 is 19.3 Å². The third-order valence-electron chi connectivity index (χ3n) is 2.63. The first-order valence-electron chi connectivity index (χ1n) is 4.89. The molecule has 17 heavy (non-hydrogen) atoms. The lowest BCUT2D eigenvalue weighted by Gasteiger charge is -2.05. The molecule has 1 heterocycles. The molecule has 0 saturated carbocycles. The number of hydrogen-bond donors (Lipinski definition) is 1. The Morgan fingerprint density at radius 1 is 0.824 bits per heavy atom. The van der Waals surface area contributed by atoms with E-state index in [9.17, 15) is 0 Å². The van der Waals surface area contributed by atoms with Crippen LogP contribution in [0.3, 0.4) is 0 Å². The summed E-state index contributed by atoms with van der Waals surface area (Å²) in [6.45, 7) is 0. The molecule has 0 aliphatic rings. The second-order valence-electron chi connectivity index (χ2n) is 3.56. The number of benzene rings is 2. The van der Waals surface area contributed by atoms with Gasteiger partial charge in [0, 0.05) is 10.8 Å². The summed E-state index contributed by atoms with van der Waals surface area (Å²) < 4.78 is 0. The van der Waals surface area contributed by atoms with Gasteiger partial charge in [-0.15, -0.1) is 0 Å². The smallest absolute Gasteiger partial charge is 1.00 e. The molecule has 0 spiro atoms. The topological polar surface area (TPSA) is 70.4 Å². The molecule has 0 aliphatic carbocycles. The zero-order valence-corrected chi connectivity index (χ0v) is 9.78. The Bertz CT molecular complexity index is 607. The quantitative estimate of drug-likeness (QED) is 0.533. The summed E-state index contributed by atoms with van der Waals surface area (Å²) >= 11 is 0. The monoisotopic (exact) mass is 248 g/mol. The fourth-order valence-electron chi connectivity index (χ4n) is 1.87. The Kier molecular flexibility index (Phi) is 3.89. The van der Waals surface area contributed by atoms with Crippen LogP contribution in [0.25, 0.3) is 21.8 Å². The van der Waals surface area contributed by atoms with E-state index in [1.165, 1.54) is 0 Å². The molecule has 0 radical (unpaired) electrons. The molecular weight excluding hydrogens is 236 g/mol. The highest BCUT2D eigenvalue weighted by Gasteiger charge is 2.03. The van der Waals surface area contributed by atoms with Crippen LogP contribution in [-0.2, 0) is 0 Å². The van der Waals surface area contributed by atoms with E-state index in [-0.39, 0.29) is 19.3 Å². The lowest BCUT2D eigenvalue weighted by atomic mass is 10.1. The van der Waals surface area contributed by atoms with Gasteiger partial charge >= 0.3 is 1.43 Å². The summed E-state index contributed by atoms with van der Waals surface area (Å²) in [4.78, 5) is 4.56. The molecule has 4 heteroatoms. The number of halogens is 1. The van der Waals surface area contributed by atoms with E-state index in [0.717, 1.165) is 27.5 Å². The second kappa shape index (κ2) is 4.99. The van der Waals surface area contributed by atoms with Crippen molar-refractivity contribution in [2.45, 2.75) is 0 Å². The van der Waals surface area contributed by atoms with Gasteiger partial charge in [-0.1, -0.05) is 36.4 Å². The van der Waals surface area contributed by atoms with E-state index in [1.807, 2.05) is 48.5 Å². The van der Waals surface area contributed by atoms with Crippen LogP contribution in [0.2, 0.25) is 0 Å². The summed E-state index contributed by atoms with van der Waals surface area (Å²) in [6, 6.07) is 15.9. The van der Waals surface area contributed by atoms with Gasteiger partial charge < -0.3 is 23.6 Å². The number of para-hydroxylation sites is 2. The van der Waals surface area contributed by atoms with Gasteiger partial charge in [-0.2, -0.15) is 0 Å². The maximum absolute atomic E-state index is 6.11. The first-order chi connectivity index (χ1) is 7.36. The van der Waals surface area contributed by atoms with E-state index >= 15 is 0 Å². The average molecular weight is 249 g/mol. The SMILES string of the molecule is Nc1c2ccccc2nc2ccccc12.O.[Cl-].[H+]. The van der Waals surface area contributed by atoms with Gasteiger partial charge in [-0.05, 0) is 12.1 Å². The molecule has 88 valence electrons. The average Bonchev–Trinajstić information content (AvgIpc) is 2.30. The van der Waals surface area contributed by atoms with Crippen molar-refractivity contribution in [1.82, 2.24) is 4.98 Å². The molecule has 3 nitrogen and oxygen atoms in total. The Balaban J connectivity index is 0.000000963. The number of rotatable bonds is 0. The molecule has 0 unspecified atom stereocenters. The van der Waals surface area contributed by atoms with Crippen molar-refractivity contribution in [3.05, 3.63) is 48.5 Å². The summed E-state index contributed by atoms with van der Waals surface area (Å²) in [5, 5.41) is 2.05. The van der Waals surface area contributed by atoms with E-state index in [2.05, 4.69) is 4.98 Å². The number of hydrogen-bond acceptors (Lipinski definition) is 2. The molecule has 1 aromatic heterocycles. The molecule has 4 N–H and O–H groups in total. The molecule has 0 bridgehead atoms. The number of pyridine rings is 1. The van der Waals surface area contributed by atoms with Crippen molar-refractivity contribution in [3.8, 4) is 0 Å². The van der Waals surface area contributed by atoms with Gasteiger partial charge in [0.05, 0.1) is 16.7 Å². The molecule has 0 aliphatic heterocycles. The van der Waals surface area contributed by atoms with E-state index in [0.29, 0.717) is 0 Å². The number of nitrogen functional groups attached to an aromatic ring is 1. The summed E-state index contributed by atoms with van der Waals surface area (Å²) in [5.41, 5.74) is 8.84. The Morgan fingerprint density at radius 3 is 1.71 bits per heavy atom. The lowest BCUT2D eigenvalue weighted by molar-refractivity contribution is -0.00000416. The van der Waals surface area contributed by atoms with E-state index in [1.54, 1.807) is 0 Å². The van der Waals surface area contributed by atoms with E-state index in [4.69, 9.17) is 5.73 Å². The fraction of sp³-hybridized carbons (Fsp3) is 0. The van der Waals surface area contributed by atoms with Crippen LogP contribution in [-0.4, -0.2) is 10.5 Å². The number of nitrogens with two attached hydrogens (primary N) is 1. The van der Waals surface area contributed by atoms with Gasteiger partial charge in [0.2, 0.25) is 0 Å². The zero-order valence-electron chi connectivity index (χ0n) is 10.0. The van der Waals surface area contributed by atoms with Gasteiger partial charge in [0.1, 0.15) is 0 Å². The Morgan fingerprint density at radius 2 is 1.24 bits per heavy atom. The minimum absolute atomic E-state index is 0. The van der Waals surface area contributed by atoms with Crippen LogP contribution in [0, 0.1) is 0 Å². The molecular formula is C13H13ClN2O. The Hall–Kier alpha value is -1.84.